The zero-order valence-electron chi connectivity index (χ0n) is 25.6. The molecule has 0 spiro atoms. The van der Waals surface area contributed by atoms with Crippen LogP contribution in [-0.2, 0) is 24.3 Å². The van der Waals surface area contributed by atoms with Gasteiger partial charge in [0.1, 0.15) is 35.4 Å². The van der Waals surface area contributed by atoms with Gasteiger partial charge >= 0.3 is 0 Å². The van der Waals surface area contributed by atoms with Crippen LogP contribution in [0.2, 0.25) is 0 Å². The van der Waals surface area contributed by atoms with Crippen molar-refractivity contribution in [1.82, 2.24) is 24.6 Å². The molecule has 8 nitrogen and oxygen atoms in total. The Balaban J connectivity index is 1.49. The maximum Gasteiger partial charge on any atom is 0.246 e. The third-order valence-corrected chi connectivity index (χ3v) is 9.80. The molecule has 0 saturated heterocycles. The predicted octanol–water partition coefficient (Wildman–Crippen LogP) is 6.22. The Morgan fingerprint density at radius 1 is 1.11 bits per heavy atom. The quantitative estimate of drug-likeness (QED) is 0.213. The van der Waals surface area contributed by atoms with Gasteiger partial charge in [-0.2, -0.15) is 5.10 Å². The zero-order chi connectivity index (χ0) is 32.1. The van der Waals surface area contributed by atoms with Crippen LogP contribution >= 0.6 is 11.3 Å². The second-order valence-electron chi connectivity index (χ2n) is 11.7. The average Bonchev–Trinajstić information content (AvgIpc) is 3.71. The molecule has 5 aromatic rings. The van der Waals surface area contributed by atoms with E-state index >= 15 is 4.39 Å². The second kappa shape index (κ2) is 12.1. The summed E-state index contributed by atoms with van der Waals surface area (Å²) in [6, 6.07) is 12.0. The Kier molecular flexibility index (Phi) is 7.92. The van der Waals surface area contributed by atoms with E-state index in [2.05, 4.69) is 36.7 Å². The maximum atomic E-state index is 16.0. The van der Waals surface area contributed by atoms with E-state index in [1.165, 1.54) is 28.5 Å². The zero-order valence-corrected chi connectivity index (χ0v) is 26.4. The minimum Gasteiger partial charge on any atom is -0.490 e. The Hall–Kier alpha value is -4.45. The lowest BCUT2D eigenvalue weighted by Gasteiger charge is -2.33. The van der Waals surface area contributed by atoms with Gasteiger partial charge < -0.3 is 19.6 Å². The molecular formula is C35H33F2N5O3S. The fraction of sp³-hybridized carbons (Fsp3) is 0.286. The van der Waals surface area contributed by atoms with Crippen LogP contribution in [0.1, 0.15) is 29.8 Å². The number of thiophene rings is 1. The molecule has 0 radical (unpaired) electrons. The van der Waals surface area contributed by atoms with Crippen LogP contribution in [0, 0.1) is 11.6 Å². The molecule has 0 bridgehead atoms. The average molecular weight is 642 g/mol. The molecule has 11 heteroatoms. The van der Waals surface area contributed by atoms with Gasteiger partial charge in [-0.05, 0) is 61.2 Å². The molecule has 5 heterocycles. The molecule has 0 fully saturated rings. The molecule has 0 aliphatic carbocycles. The van der Waals surface area contributed by atoms with Crippen molar-refractivity contribution in [3.63, 3.8) is 0 Å². The SMILES string of the molecule is C=CC(=O)N1CCn2nc(-c3nc(-c4ccc5c(c4)CCN(C)C5)c4ccsc4c3-c3c(F)cc(F)cc3OCCO)cc2[C@H]1C. The predicted molar refractivity (Wildman–Crippen MR) is 175 cm³/mol. The number of rotatable bonds is 7. The molecule has 3 aromatic heterocycles. The third-order valence-electron chi connectivity index (χ3n) is 8.87. The number of amides is 1. The molecule has 2 aliphatic rings. The largest absolute Gasteiger partial charge is 0.490 e. The van der Waals surface area contributed by atoms with E-state index in [-0.39, 0.29) is 36.5 Å². The topological polar surface area (TPSA) is 83.7 Å². The molecule has 1 atom stereocenters. The van der Waals surface area contributed by atoms with Crippen molar-refractivity contribution in [3.8, 4) is 39.5 Å². The first-order chi connectivity index (χ1) is 22.3. The summed E-state index contributed by atoms with van der Waals surface area (Å²) in [6.07, 6.45) is 2.23. The number of hydrogen-bond donors (Lipinski definition) is 1. The number of pyridine rings is 1. The second-order valence-corrected chi connectivity index (χ2v) is 12.7. The summed E-state index contributed by atoms with van der Waals surface area (Å²) in [5.74, 6) is -1.80. The van der Waals surface area contributed by atoms with E-state index in [9.17, 15) is 14.3 Å². The van der Waals surface area contributed by atoms with Crippen LogP contribution in [0.5, 0.6) is 5.75 Å². The third kappa shape index (κ3) is 5.18. The molecule has 7 rings (SSSR count). The van der Waals surface area contributed by atoms with Crippen LogP contribution in [0.3, 0.4) is 0 Å². The number of benzene rings is 2. The fourth-order valence-corrected chi connectivity index (χ4v) is 7.55. The van der Waals surface area contributed by atoms with Gasteiger partial charge in [-0.25, -0.2) is 13.8 Å². The van der Waals surface area contributed by atoms with Gasteiger partial charge in [0, 0.05) is 53.0 Å². The van der Waals surface area contributed by atoms with E-state index in [0.29, 0.717) is 30.0 Å². The number of carbonyl (C=O) groups is 1. The Morgan fingerprint density at radius 2 is 1.96 bits per heavy atom. The number of aromatic nitrogens is 3. The molecule has 236 valence electrons. The Bertz CT molecular complexity index is 2000. The molecule has 0 saturated carbocycles. The van der Waals surface area contributed by atoms with E-state index in [4.69, 9.17) is 14.8 Å². The van der Waals surface area contributed by atoms with Gasteiger partial charge in [0.25, 0.3) is 0 Å². The lowest BCUT2D eigenvalue weighted by atomic mass is 9.93. The molecule has 1 N–H and O–H groups in total. The molecule has 2 aliphatic heterocycles. The molecule has 0 unspecified atom stereocenters. The van der Waals surface area contributed by atoms with Gasteiger partial charge in [0.2, 0.25) is 5.91 Å². The van der Waals surface area contributed by atoms with Crippen LogP contribution < -0.4 is 4.74 Å². The maximum absolute atomic E-state index is 16.0. The number of halogens is 2. The summed E-state index contributed by atoms with van der Waals surface area (Å²) >= 11 is 1.43. The number of nitrogens with zero attached hydrogens (tertiary/aromatic N) is 5. The normalized spacial score (nSPS) is 16.4. The van der Waals surface area contributed by atoms with E-state index in [1.807, 2.05) is 29.1 Å². The Labute approximate surface area is 269 Å². The van der Waals surface area contributed by atoms with Crippen molar-refractivity contribution >= 4 is 27.3 Å². The smallest absolute Gasteiger partial charge is 0.246 e. The number of carbonyl (C=O) groups excluding carboxylic acids is 1. The summed E-state index contributed by atoms with van der Waals surface area (Å²) in [5.41, 5.74) is 6.43. The van der Waals surface area contributed by atoms with Crippen LogP contribution in [0.15, 0.2) is 60.5 Å². The van der Waals surface area contributed by atoms with Crippen molar-refractivity contribution in [1.29, 1.82) is 0 Å². The number of hydrogen-bond acceptors (Lipinski definition) is 7. The summed E-state index contributed by atoms with van der Waals surface area (Å²) in [6.45, 7) is 7.90. The van der Waals surface area contributed by atoms with Gasteiger partial charge in [-0.1, -0.05) is 18.7 Å². The summed E-state index contributed by atoms with van der Waals surface area (Å²) in [7, 11) is 2.11. The minimum absolute atomic E-state index is 0.0324. The summed E-state index contributed by atoms with van der Waals surface area (Å²) in [4.78, 5) is 21.9. The lowest BCUT2D eigenvalue weighted by Crippen LogP contribution is -2.40. The van der Waals surface area contributed by atoms with Crippen LogP contribution in [0.4, 0.5) is 8.78 Å². The van der Waals surface area contributed by atoms with Crippen LogP contribution in [0.25, 0.3) is 43.9 Å². The highest BCUT2D eigenvalue weighted by molar-refractivity contribution is 7.18. The molecular weight excluding hydrogens is 608 g/mol. The van der Waals surface area contributed by atoms with Crippen molar-refractivity contribution in [2.75, 3.05) is 33.4 Å². The molecule has 46 heavy (non-hydrogen) atoms. The van der Waals surface area contributed by atoms with Gasteiger partial charge in [-0.15, -0.1) is 11.3 Å². The molecule has 2 aromatic carbocycles. The highest BCUT2D eigenvalue weighted by Crippen LogP contribution is 2.47. The van der Waals surface area contributed by atoms with Crippen molar-refractivity contribution in [2.24, 2.45) is 0 Å². The number of aliphatic hydroxyl groups is 1. The first kappa shape index (κ1) is 30.2. The monoisotopic (exact) mass is 641 g/mol. The van der Waals surface area contributed by atoms with Crippen molar-refractivity contribution < 1.29 is 23.4 Å². The number of ether oxygens (including phenoxy) is 1. The van der Waals surface area contributed by atoms with Crippen molar-refractivity contribution in [2.45, 2.75) is 32.5 Å². The number of aliphatic hydroxyl groups excluding tert-OH is 1. The first-order valence-electron chi connectivity index (χ1n) is 15.2. The highest BCUT2D eigenvalue weighted by Gasteiger charge is 2.31. The van der Waals surface area contributed by atoms with Gasteiger partial charge in [0.05, 0.1) is 36.1 Å². The minimum atomic E-state index is -0.809. The van der Waals surface area contributed by atoms with Crippen LogP contribution in [-0.4, -0.2) is 68.9 Å². The van der Waals surface area contributed by atoms with E-state index in [0.717, 1.165) is 58.7 Å². The summed E-state index contributed by atoms with van der Waals surface area (Å²) < 4.78 is 38.9. The van der Waals surface area contributed by atoms with Crippen molar-refractivity contribution in [3.05, 3.63) is 89.0 Å². The highest BCUT2D eigenvalue weighted by atomic mass is 32.1. The number of fused-ring (bicyclic) bond motifs is 3. The van der Waals surface area contributed by atoms with E-state index in [1.54, 1.807) is 4.90 Å². The first-order valence-corrected chi connectivity index (χ1v) is 16.1. The number of likely N-dealkylation sites (N-methyl/N-ethyl adjacent to an activating group) is 1. The summed E-state index contributed by atoms with van der Waals surface area (Å²) in [5, 5.41) is 17.2. The standard InChI is InChI=1S/C35H33F2N5O3S/c1-4-30(44)41-10-11-42-28(20(41)2)18-27(39-42)34-32(31-26(37)16-24(36)17-29(31)45-13-12-43)35-25(8-14-46-35)33(38-34)22-5-6-23-19-40(3)9-7-21(23)15-22/h4-6,8,14-18,20,43H,1,7,9-13,19H2,2-3H3/t20-/m1/s1. The van der Waals surface area contributed by atoms with Gasteiger partial charge in [-0.3, -0.25) is 9.48 Å². The molecule has 1 amide bonds. The fourth-order valence-electron chi connectivity index (χ4n) is 6.60. The Morgan fingerprint density at radius 3 is 2.76 bits per heavy atom. The lowest BCUT2D eigenvalue weighted by molar-refractivity contribution is -0.129. The van der Waals surface area contributed by atoms with E-state index < -0.39 is 11.6 Å². The van der Waals surface area contributed by atoms with Gasteiger partial charge in [0.15, 0.2) is 0 Å².